The molecule has 1 amide bonds. The maximum Gasteiger partial charge on any atom is 0.345 e. The summed E-state index contributed by atoms with van der Waals surface area (Å²) in [5.41, 5.74) is 4.74. The maximum absolute atomic E-state index is 10.2. The van der Waals surface area contributed by atoms with Crippen LogP contribution < -0.4 is 5.73 Å². The van der Waals surface area contributed by atoms with Gasteiger partial charge in [-0.05, 0) is 0 Å². The molecular weight excluding hydrogens is 122 g/mol. The molecule has 0 aliphatic carbocycles. The molecule has 0 bridgehead atoms. The van der Waals surface area contributed by atoms with Crippen LogP contribution in [0.15, 0.2) is 6.20 Å². The van der Waals surface area contributed by atoms with E-state index in [0.29, 0.717) is 0 Å². The summed E-state index contributed by atoms with van der Waals surface area (Å²) in [4.78, 5) is 15.6. The molecule has 1 radical (unpaired) electrons. The van der Waals surface area contributed by atoms with Crippen molar-refractivity contribution in [2.45, 2.75) is 0 Å². The van der Waals surface area contributed by atoms with Crippen LogP contribution in [0.25, 0.3) is 0 Å². The van der Waals surface area contributed by atoms with Crippen LogP contribution in [0, 0.1) is 0 Å². The minimum Gasteiger partial charge on any atom is -0.364 e. The summed E-state index contributed by atoms with van der Waals surface area (Å²) in [6, 6.07) is -0.552. The molecular formula is C4H4N3O2. The largest absolute Gasteiger partial charge is 0.364 e. The molecule has 5 heteroatoms. The molecule has 1 aromatic rings. The van der Waals surface area contributed by atoms with Gasteiger partial charge in [-0.1, -0.05) is 0 Å². The molecule has 3 N–H and O–H groups in total. The Labute approximate surface area is 50.5 Å². The number of H-pyrrole nitrogens is 1. The quantitative estimate of drug-likeness (QED) is 0.538. The predicted molar refractivity (Wildman–Crippen MR) is 27.2 cm³/mol. The zero-order valence-electron chi connectivity index (χ0n) is 4.42. The summed E-state index contributed by atoms with van der Waals surface area (Å²) >= 11 is 0. The Hall–Kier alpha value is -1.52. The van der Waals surface area contributed by atoms with Gasteiger partial charge in [0.25, 0.3) is 5.91 Å². The van der Waals surface area contributed by atoms with Crippen molar-refractivity contribution in [3.05, 3.63) is 11.9 Å². The number of imidazole rings is 1. The highest BCUT2D eigenvalue weighted by atomic mass is 16.3. The first-order chi connectivity index (χ1) is 4.20. The van der Waals surface area contributed by atoms with Gasteiger partial charge in [0.15, 0.2) is 0 Å². The van der Waals surface area contributed by atoms with Crippen molar-refractivity contribution in [3.63, 3.8) is 0 Å². The van der Waals surface area contributed by atoms with Gasteiger partial charge in [0.05, 0.1) is 0 Å². The van der Waals surface area contributed by atoms with E-state index in [9.17, 15) is 9.90 Å². The van der Waals surface area contributed by atoms with Gasteiger partial charge in [-0.15, -0.1) is 0 Å². The molecule has 0 unspecified atom stereocenters. The highest BCUT2D eigenvalue weighted by Crippen LogP contribution is 2.00. The van der Waals surface area contributed by atoms with Gasteiger partial charge in [0, 0.05) is 6.20 Å². The van der Waals surface area contributed by atoms with Crippen molar-refractivity contribution in [1.29, 1.82) is 0 Å². The zero-order chi connectivity index (χ0) is 6.85. The lowest BCUT2D eigenvalue weighted by Gasteiger charge is -1.78. The fourth-order valence-corrected chi connectivity index (χ4v) is 0.430. The molecule has 1 rings (SSSR count). The number of amides is 1. The second-order valence-corrected chi connectivity index (χ2v) is 1.46. The van der Waals surface area contributed by atoms with Crippen molar-refractivity contribution >= 4 is 5.91 Å². The lowest BCUT2D eigenvalue weighted by Crippen LogP contribution is -2.10. The van der Waals surface area contributed by atoms with Crippen molar-refractivity contribution in [2.24, 2.45) is 5.73 Å². The number of nitrogens with two attached hydrogens (primary N) is 1. The Bertz CT molecular complexity index is 229. The summed E-state index contributed by atoms with van der Waals surface area (Å²) in [5.74, 6) is -0.701. The second-order valence-electron chi connectivity index (χ2n) is 1.46. The van der Waals surface area contributed by atoms with E-state index in [1.165, 1.54) is 6.20 Å². The Kier molecular flexibility index (Phi) is 1.11. The minimum absolute atomic E-state index is 0.0278. The Morgan fingerprint density at radius 3 is 2.67 bits per heavy atom. The number of hydrogen-bond acceptors (Lipinski definition) is 2. The lowest BCUT2D eigenvalue weighted by molar-refractivity contribution is 0.0995. The van der Waals surface area contributed by atoms with Gasteiger partial charge in [0.2, 0.25) is 0 Å². The third-order valence-corrected chi connectivity index (χ3v) is 0.807. The van der Waals surface area contributed by atoms with Crippen LogP contribution in [0.2, 0.25) is 0 Å². The Balaban J connectivity index is 2.98. The Morgan fingerprint density at radius 1 is 1.78 bits per heavy atom. The zero-order valence-corrected chi connectivity index (χ0v) is 4.42. The average Bonchev–Trinajstić information content (AvgIpc) is 2.14. The van der Waals surface area contributed by atoms with E-state index in [4.69, 9.17) is 5.73 Å². The summed E-state index contributed by atoms with van der Waals surface area (Å²) in [6.45, 7) is 0. The monoisotopic (exact) mass is 126 g/mol. The third-order valence-electron chi connectivity index (χ3n) is 0.807. The molecule has 0 saturated carbocycles. The number of nitrogens with zero attached hydrogens (tertiary/aromatic N) is 1. The van der Waals surface area contributed by atoms with Gasteiger partial charge in [-0.3, -0.25) is 4.79 Å². The lowest BCUT2D eigenvalue weighted by atomic mass is 10.5. The van der Waals surface area contributed by atoms with Gasteiger partial charge >= 0.3 is 6.01 Å². The predicted octanol–water partition coefficient (Wildman–Crippen LogP) is -0.348. The van der Waals surface area contributed by atoms with Crippen molar-refractivity contribution < 1.29 is 9.90 Å². The first-order valence-corrected chi connectivity index (χ1v) is 2.22. The molecule has 47 valence electrons. The second kappa shape index (κ2) is 1.77. The number of carbonyl (C=O) groups excluding carboxylic acids is 1. The van der Waals surface area contributed by atoms with Gasteiger partial charge in [-0.25, -0.2) is 5.11 Å². The van der Waals surface area contributed by atoms with Crippen LogP contribution in [0.5, 0.6) is 6.01 Å². The number of aromatic amines is 1. The first kappa shape index (κ1) is 5.61. The third kappa shape index (κ3) is 0.987. The number of primary amides is 1. The molecule has 0 aliphatic heterocycles. The van der Waals surface area contributed by atoms with Crippen LogP contribution in [0.4, 0.5) is 0 Å². The van der Waals surface area contributed by atoms with Gasteiger partial charge in [0.1, 0.15) is 5.69 Å². The molecule has 0 aliphatic rings. The number of nitrogens with one attached hydrogen (secondary N) is 1. The summed E-state index contributed by atoms with van der Waals surface area (Å²) < 4.78 is 0. The summed E-state index contributed by atoms with van der Waals surface area (Å²) in [6.07, 6.45) is 1.17. The summed E-state index contributed by atoms with van der Waals surface area (Å²) in [7, 11) is 0. The highest BCUT2D eigenvalue weighted by molar-refractivity contribution is 5.90. The van der Waals surface area contributed by atoms with Gasteiger partial charge in [-0.2, -0.15) is 4.98 Å². The van der Waals surface area contributed by atoms with Gasteiger partial charge < -0.3 is 10.7 Å². The van der Waals surface area contributed by atoms with Crippen LogP contribution in [-0.4, -0.2) is 15.9 Å². The van der Waals surface area contributed by atoms with E-state index < -0.39 is 11.9 Å². The number of rotatable bonds is 1. The van der Waals surface area contributed by atoms with Crippen LogP contribution in [0.3, 0.4) is 0 Å². The fraction of sp³-hybridized carbons (Fsp3) is 0. The van der Waals surface area contributed by atoms with Crippen molar-refractivity contribution in [1.82, 2.24) is 9.97 Å². The highest BCUT2D eigenvalue weighted by Gasteiger charge is 2.04. The number of hydrogen-bond donors (Lipinski definition) is 2. The molecule has 0 atom stereocenters. The van der Waals surface area contributed by atoms with E-state index in [1.54, 1.807) is 0 Å². The van der Waals surface area contributed by atoms with E-state index in [1.807, 2.05) is 0 Å². The molecule has 9 heavy (non-hydrogen) atoms. The molecule has 0 spiro atoms. The number of aromatic nitrogens is 2. The smallest absolute Gasteiger partial charge is 0.345 e. The molecule has 0 saturated heterocycles. The summed E-state index contributed by atoms with van der Waals surface area (Å²) in [5, 5.41) is 10.2. The van der Waals surface area contributed by atoms with Crippen LogP contribution in [0.1, 0.15) is 10.5 Å². The van der Waals surface area contributed by atoms with Crippen molar-refractivity contribution in [2.75, 3.05) is 0 Å². The van der Waals surface area contributed by atoms with E-state index >= 15 is 0 Å². The SMILES string of the molecule is NC(=O)c1c[nH]c([O])n1. The normalized spacial score (nSPS) is 9.33. The maximum atomic E-state index is 10.2. The fourth-order valence-electron chi connectivity index (χ4n) is 0.430. The topological polar surface area (TPSA) is 91.7 Å². The number of carbonyl (C=O) groups is 1. The molecule has 0 fully saturated rings. The molecule has 5 nitrogen and oxygen atoms in total. The van der Waals surface area contributed by atoms with Crippen LogP contribution >= 0.6 is 0 Å². The van der Waals surface area contributed by atoms with E-state index in [0.717, 1.165) is 0 Å². The Morgan fingerprint density at radius 2 is 2.44 bits per heavy atom. The van der Waals surface area contributed by atoms with E-state index in [-0.39, 0.29) is 5.69 Å². The van der Waals surface area contributed by atoms with E-state index in [2.05, 4.69) is 9.97 Å². The first-order valence-electron chi connectivity index (χ1n) is 2.22. The standard InChI is InChI=1S/C4H4N3O2/c5-3(8)2-1-6-4(9)7-2/h1H,(H2,5,8)(H,6,7). The molecule has 1 aromatic heterocycles. The average molecular weight is 126 g/mol. The molecule has 1 heterocycles. The van der Waals surface area contributed by atoms with Crippen molar-refractivity contribution in [3.8, 4) is 6.01 Å². The molecule has 0 aromatic carbocycles. The van der Waals surface area contributed by atoms with Crippen LogP contribution in [-0.2, 0) is 5.11 Å². The minimum atomic E-state index is -0.701.